The van der Waals surface area contributed by atoms with Crippen molar-refractivity contribution in [3.8, 4) is 0 Å². The molecule has 18 heavy (non-hydrogen) atoms. The Morgan fingerprint density at radius 2 is 2.61 bits per heavy atom. The normalized spacial score (nSPS) is 20.9. The number of ether oxygens (including phenoxy) is 1. The summed E-state index contributed by atoms with van der Waals surface area (Å²) in [6.07, 6.45) is 4.71. The molecule has 0 spiro atoms. The summed E-state index contributed by atoms with van der Waals surface area (Å²) in [7, 11) is 0. The highest BCUT2D eigenvalue weighted by molar-refractivity contribution is 7.99. The van der Waals surface area contributed by atoms with Crippen molar-refractivity contribution < 1.29 is 9.53 Å². The van der Waals surface area contributed by atoms with Gasteiger partial charge in [0.25, 0.3) is 0 Å². The molecule has 0 saturated carbocycles. The topological polar surface area (TPSA) is 56.2 Å². The zero-order valence-electron chi connectivity index (χ0n) is 10.8. The number of nitrogens with zero attached hydrogens (tertiary/aromatic N) is 2. The van der Waals surface area contributed by atoms with Crippen molar-refractivity contribution in [1.29, 1.82) is 0 Å². The summed E-state index contributed by atoms with van der Waals surface area (Å²) in [4.78, 5) is 11.8. The van der Waals surface area contributed by atoms with Crippen LogP contribution in [0.25, 0.3) is 0 Å². The van der Waals surface area contributed by atoms with E-state index in [0.717, 1.165) is 32.0 Å². The van der Waals surface area contributed by atoms with Gasteiger partial charge in [0.2, 0.25) is 5.91 Å². The smallest absolute Gasteiger partial charge is 0.238 e. The van der Waals surface area contributed by atoms with Crippen molar-refractivity contribution in [1.82, 2.24) is 9.78 Å². The van der Waals surface area contributed by atoms with E-state index in [1.807, 2.05) is 23.9 Å². The number of nitrogens with one attached hydrogen (secondary N) is 1. The molecular formula is C12H19N3O2S. The number of rotatable bonds is 5. The Morgan fingerprint density at radius 3 is 3.28 bits per heavy atom. The van der Waals surface area contributed by atoms with Crippen molar-refractivity contribution in [2.24, 2.45) is 5.92 Å². The summed E-state index contributed by atoms with van der Waals surface area (Å²) >= 11 is 1.53. The quantitative estimate of drug-likeness (QED) is 0.882. The largest absolute Gasteiger partial charge is 0.381 e. The second-order valence-electron chi connectivity index (χ2n) is 4.50. The lowest BCUT2D eigenvalue weighted by atomic mass is 10.1. The zero-order valence-corrected chi connectivity index (χ0v) is 11.6. The molecule has 1 aliphatic rings. The summed E-state index contributed by atoms with van der Waals surface area (Å²) in [5.74, 6) is 1.29. The minimum absolute atomic E-state index is 0.0203. The average Bonchev–Trinajstić information content (AvgIpc) is 3.01. The van der Waals surface area contributed by atoms with Gasteiger partial charge in [0.1, 0.15) is 5.82 Å². The highest BCUT2D eigenvalue weighted by Crippen LogP contribution is 2.18. The Balaban J connectivity index is 1.96. The van der Waals surface area contributed by atoms with Crippen molar-refractivity contribution in [2.75, 3.05) is 24.8 Å². The maximum atomic E-state index is 11.8. The first-order valence-corrected chi connectivity index (χ1v) is 7.42. The first-order valence-electron chi connectivity index (χ1n) is 6.14. The molecule has 2 unspecified atom stereocenters. The third-order valence-corrected chi connectivity index (χ3v) is 4.07. The van der Waals surface area contributed by atoms with Gasteiger partial charge >= 0.3 is 0 Å². The second-order valence-corrected chi connectivity index (χ2v) is 5.67. The van der Waals surface area contributed by atoms with Gasteiger partial charge in [-0.2, -0.15) is 16.9 Å². The lowest BCUT2D eigenvalue weighted by Crippen LogP contribution is -2.24. The van der Waals surface area contributed by atoms with Crippen LogP contribution in [0.5, 0.6) is 0 Å². The van der Waals surface area contributed by atoms with Crippen LogP contribution in [0, 0.1) is 5.92 Å². The lowest BCUT2D eigenvalue weighted by molar-refractivity contribution is -0.115. The van der Waals surface area contributed by atoms with Gasteiger partial charge in [0.15, 0.2) is 0 Å². The fourth-order valence-electron chi connectivity index (χ4n) is 1.89. The van der Waals surface area contributed by atoms with E-state index in [9.17, 15) is 4.79 Å². The molecule has 1 aromatic rings. The van der Waals surface area contributed by atoms with Gasteiger partial charge in [-0.25, -0.2) is 4.68 Å². The van der Waals surface area contributed by atoms with Gasteiger partial charge in [-0.1, -0.05) is 0 Å². The minimum Gasteiger partial charge on any atom is -0.381 e. The summed E-state index contributed by atoms with van der Waals surface area (Å²) in [6, 6.07) is 1.83. The second kappa shape index (κ2) is 6.24. The first-order chi connectivity index (χ1) is 8.70. The van der Waals surface area contributed by atoms with Crippen molar-refractivity contribution in [2.45, 2.75) is 25.1 Å². The Morgan fingerprint density at radius 1 is 1.78 bits per heavy atom. The third-order valence-electron chi connectivity index (χ3n) is 3.15. The maximum Gasteiger partial charge on any atom is 0.238 e. The summed E-state index contributed by atoms with van der Waals surface area (Å²) in [6.45, 7) is 4.31. The SMILES string of the molecule is CSC(C)C(=O)Nc1ccnn1CC1CCOC1. The van der Waals surface area contributed by atoms with Crippen LogP contribution in [-0.2, 0) is 16.1 Å². The lowest BCUT2D eigenvalue weighted by Gasteiger charge is -2.13. The van der Waals surface area contributed by atoms with E-state index in [1.54, 1.807) is 6.20 Å². The van der Waals surface area contributed by atoms with Crippen molar-refractivity contribution >= 4 is 23.5 Å². The molecule has 0 radical (unpaired) electrons. The van der Waals surface area contributed by atoms with E-state index in [0.29, 0.717) is 5.92 Å². The monoisotopic (exact) mass is 269 g/mol. The zero-order chi connectivity index (χ0) is 13.0. The third kappa shape index (κ3) is 3.26. The highest BCUT2D eigenvalue weighted by atomic mass is 32.2. The molecule has 100 valence electrons. The van der Waals surface area contributed by atoms with Crippen LogP contribution in [0.3, 0.4) is 0 Å². The first kappa shape index (κ1) is 13.4. The van der Waals surface area contributed by atoms with Gasteiger partial charge in [-0.3, -0.25) is 4.79 Å². The maximum absolute atomic E-state index is 11.8. The number of carbonyl (C=O) groups excluding carboxylic acids is 1. The number of aromatic nitrogens is 2. The fourth-order valence-corrected chi connectivity index (χ4v) is 2.16. The molecule has 0 aliphatic carbocycles. The van der Waals surface area contributed by atoms with Gasteiger partial charge in [-0.15, -0.1) is 0 Å². The standard InChI is InChI=1S/C12H19N3O2S/c1-9(18-2)12(16)14-11-3-5-13-15(11)7-10-4-6-17-8-10/h3,5,9-10H,4,6-8H2,1-2H3,(H,14,16). The molecule has 1 saturated heterocycles. The van der Waals surface area contributed by atoms with E-state index in [4.69, 9.17) is 4.74 Å². The summed E-state index contributed by atoms with van der Waals surface area (Å²) in [5.41, 5.74) is 0. The van der Waals surface area contributed by atoms with Gasteiger partial charge in [-0.05, 0) is 19.6 Å². The predicted molar refractivity (Wildman–Crippen MR) is 72.8 cm³/mol. The van der Waals surface area contributed by atoms with Crippen molar-refractivity contribution in [3.05, 3.63) is 12.3 Å². The van der Waals surface area contributed by atoms with Crippen LogP contribution in [0.15, 0.2) is 12.3 Å². The number of amides is 1. The molecule has 1 fully saturated rings. The molecule has 2 heterocycles. The molecule has 0 bridgehead atoms. The minimum atomic E-state index is -0.0526. The Bertz CT molecular complexity index is 402. The number of carbonyl (C=O) groups is 1. The van der Waals surface area contributed by atoms with Gasteiger partial charge in [0, 0.05) is 25.1 Å². The Hall–Kier alpha value is -1.01. The van der Waals surface area contributed by atoms with Crippen LogP contribution in [-0.4, -0.2) is 40.4 Å². The average molecular weight is 269 g/mol. The van der Waals surface area contributed by atoms with Crippen molar-refractivity contribution in [3.63, 3.8) is 0 Å². The number of hydrogen-bond donors (Lipinski definition) is 1. The van der Waals surface area contributed by atoms with Crippen LogP contribution < -0.4 is 5.32 Å². The number of anilines is 1. The van der Waals surface area contributed by atoms with Crippen LogP contribution in [0.2, 0.25) is 0 Å². The van der Waals surface area contributed by atoms with E-state index >= 15 is 0 Å². The van der Waals surface area contributed by atoms with Gasteiger partial charge in [0.05, 0.1) is 18.1 Å². The molecule has 1 aliphatic heterocycles. The van der Waals surface area contributed by atoms with Crippen LogP contribution in [0.4, 0.5) is 5.82 Å². The van der Waals surface area contributed by atoms with E-state index in [2.05, 4.69) is 10.4 Å². The molecule has 6 heteroatoms. The fraction of sp³-hybridized carbons (Fsp3) is 0.667. The number of hydrogen-bond acceptors (Lipinski definition) is 4. The molecule has 1 amide bonds. The summed E-state index contributed by atoms with van der Waals surface area (Å²) < 4.78 is 7.20. The molecule has 1 aromatic heterocycles. The van der Waals surface area contributed by atoms with Crippen LogP contribution >= 0.6 is 11.8 Å². The molecule has 2 atom stereocenters. The molecule has 0 aromatic carbocycles. The van der Waals surface area contributed by atoms with E-state index < -0.39 is 0 Å². The molecule has 2 rings (SSSR count). The summed E-state index contributed by atoms with van der Waals surface area (Å²) in [5, 5.41) is 7.12. The van der Waals surface area contributed by atoms with Crippen LogP contribution in [0.1, 0.15) is 13.3 Å². The number of thioether (sulfide) groups is 1. The molecule has 1 N–H and O–H groups in total. The Kier molecular flexibility index (Phi) is 4.66. The molecule has 5 nitrogen and oxygen atoms in total. The molecular weight excluding hydrogens is 250 g/mol. The highest BCUT2D eigenvalue weighted by Gasteiger charge is 2.19. The van der Waals surface area contributed by atoms with E-state index in [-0.39, 0.29) is 11.2 Å². The Labute approximate surface area is 111 Å². The van der Waals surface area contributed by atoms with Gasteiger partial charge < -0.3 is 10.1 Å². The van der Waals surface area contributed by atoms with E-state index in [1.165, 1.54) is 11.8 Å². The predicted octanol–water partition coefficient (Wildman–Crippen LogP) is 1.61.